The Morgan fingerprint density at radius 2 is 1.93 bits per heavy atom. The Morgan fingerprint density at radius 3 is 2.59 bits per heavy atom. The lowest BCUT2D eigenvalue weighted by Crippen LogP contribution is -2.41. The molecule has 4 heterocycles. The van der Waals surface area contributed by atoms with Gasteiger partial charge < -0.3 is 19.4 Å². The van der Waals surface area contributed by atoms with Gasteiger partial charge in [0.25, 0.3) is 5.91 Å². The normalized spacial score (nSPS) is 28.7. The molecule has 3 aliphatic rings. The van der Waals surface area contributed by atoms with Crippen molar-refractivity contribution in [1.29, 1.82) is 0 Å². The number of amides is 1. The fraction of sp³-hybridized carbons (Fsp3) is 0.565. The van der Waals surface area contributed by atoms with Gasteiger partial charge in [-0.3, -0.25) is 4.79 Å². The molecule has 29 heavy (non-hydrogen) atoms. The molecule has 1 aromatic heterocycles. The highest BCUT2D eigenvalue weighted by molar-refractivity contribution is 5.88. The lowest BCUT2D eigenvalue weighted by Gasteiger charge is -2.24. The Bertz CT molecular complexity index is 1010. The van der Waals surface area contributed by atoms with Crippen molar-refractivity contribution in [2.75, 3.05) is 13.1 Å². The van der Waals surface area contributed by atoms with Crippen LogP contribution in [0.4, 0.5) is 0 Å². The summed E-state index contributed by atoms with van der Waals surface area (Å²) in [6.07, 6.45) is 2.58. The largest absolute Gasteiger partial charge is 0.480 e. The minimum absolute atomic E-state index is 0.0453. The van der Waals surface area contributed by atoms with E-state index in [0.717, 1.165) is 29.6 Å². The summed E-state index contributed by atoms with van der Waals surface area (Å²) >= 11 is 0. The van der Waals surface area contributed by atoms with E-state index in [4.69, 9.17) is 9.15 Å². The summed E-state index contributed by atoms with van der Waals surface area (Å²) in [4.78, 5) is 27.0. The summed E-state index contributed by atoms with van der Waals surface area (Å²) in [6, 6.07) is 6.44. The van der Waals surface area contributed by atoms with Gasteiger partial charge in [-0.05, 0) is 68.2 Å². The van der Waals surface area contributed by atoms with Crippen LogP contribution in [0.15, 0.2) is 27.4 Å². The molecular weight excluding hydrogens is 368 g/mol. The highest BCUT2D eigenvalue weighted by Gasteiger charge is 2.52. The van der Waals surface area contributed by atoms with E-state index in [1.165, 1.54) is 18.9 Å². The van der Waals surface area contributed by atoms with E-state index in [1.807, 2.05) is 37.8 Å². The Hall–Kier alpha value is -2.34. The van der Waals surface area contributed by atoms with Crippen LogP contribution in [-0.2, 0) is 11.2 Å². The zero-order valence-electron chi connectivity index (χ0n) is 17.2. The molecule has 3 aliphatic heterocycles. The molecule has 154 valence electrons. The van der Waals surface area contributed by atoms with Gasteiger partial charge in [-0.2, -0.15) is 0 Å². The predicted molar refractivity (Wildman–Crippen MR) is 110 cm³/mol. The van der Waals surface area contributed by atoms with Gasteiger partial charge in [0.1, 0.15) is 11.3 Å². The first-order valence-corrected chi connectivity index (χ1v) is 10.7. The van der Waals surface area contributed by atoms with Crippen LogP contribution in [0.25, 0.3) is 11.0 Å². The summed E-state index contributed by atoms with van der Waals surface area (Å²) in [6.45, 7) is 7.41. The van der Waals surface area contributed by atoms with Gasteiger partial charge in [0.2, 0.25) is 0 Å². The number of hydrogen-bond acceptors (Lipinski definition) is 5. The maximum atomic E-state index is 13.2. The van der Waals surface area contributed by atoms with Crippen LogP contribution < -0.4 is 15.7 Å². The first kappa shape index (κ1) is 18.7. The first-order valence-electron chi connectivity index (χ1n) is 10.7. The maximum absolute atomic E-state index is 13.2. The molecule has 0 aliphatic carbocycles. The molecule has 0 spiro atoms. The van der Waals surface area contributed by atoms with Crippen LogP contribution in [0.2, 0.25) is 0 Å². The molecule has 5 rings (SSSR count). The molecule has 1 N–H and O–H groups in total. The fourth-order valence-electron chi connectivity index (χ4n) is 5.70. The SMILES string of the molecule is CCc1cc(=O)oc2cc(C)cc(OC(C)C(=O)N3C[C@@H]4[C@H](C3)[C@@H]3CC[C@H]4N3)c12. The van der Waals surface area contributed by atoms with Crippen molar-refractivity contribution in [2.24, 2.45) is 11.8 Å². The Balaban J connectivity index is 1.39. The number of ether oxygens (including phenoxy) is 1. The monoisotopic (exact) mass is 396 g/mol. The number of nitrogens with zero attached hydrogens (tertiary/aromatic N) is 1. The summed E-state index contributed by atoms with van der Waals surface area (Å²) in [7, 11) is 0. The van der Waals surface area contributed by atoms with E-state index >= 15 is 0 Å². The van der Waals surface area contributed by atoms with Crippen LogP contribution in [0.1, 0.15) is 37.8 Å². The number of nitrogens with one attached hydrogen (secondary N) is 1. The zero-order valence-corrected chi connectivity index (χ0v) is 17.2. The second-order valence-electron chi connectivity index (χ2n) is 8.87. The molecule has 6 nitrogen and oxygen atoms in total. The van der Waals surface area contributed by atoms with Crippen LogP contribution in [-0.4, -0.2) is 42.1 Å². The van der Waals surface area contributed by atoms with Gasteiger partial charge in [0.05, 0.1) is 5.39 Å². The van der Waals surface area contributed by atoms with Crippen LogP contribution in [0.5, 0.6) is 5.75 Å². The van der Waals surface area contributed by atoms with E-state index in [-0.39, 0.29) is 11.5 Å². The molecule has 3 fully saturated rings. The van der Waals surface area contributed by atoms with Crippen LogP contribution >= 0.6 is 0 Å². The van der Waals surface area contributed by atoms with Gasteiger partial charge in [0, 0.05) is 31.2 Å². The van der Waals surface area contributed by atoms with E-state index in [2.05, 4.69) is 5.32 Å². The topological polar surface area (TPSA) is 71.8 Å². The van der Waals surface area contributed by atoms with Crippen LogP contribution in [0.3, 0.4) is 0 Å². The third kappa shape index (κ3) is 3.05. The average Bonchev–Trinajstić information content (AvgIpc) is 3.39. The van der Waals surface area contributed by atoms with Gasteiger partial charge in [-0.1, -0.05) is 6.92 Å². The number of likely N-dealkylation sites (tertiary alicyclic amines) is 1. The second-order valence-corrected chi connectivity index (χ2v) is 8.87. The highest BCUT2D eigenvalue weighted by atomic mass is 16.5. The molecule has 1 amide bonds. The molecule has 3 saturated heterocycles. The fourth-order valence-corrected chi connectivity index (χ4v) is 5.70. The van der Waals surface area contributed by atoms with Crippen molar-refractivity contribution in [3.63, 3.8) is 0 Å². The van der Waals surface area contributed by atoms with Crippen molar-refractivity contribution in [1.82, 2.24) is 10.2 Å². The molecule has 6 heteroatoms. The lowest BCUT2D eigenvalue weighted by molar-refractivity contribution is -0.137. The van der Waals surface area contributed by atoms with Gasteiger partial charge >= 0.3 is 5.63 Å². The molecular formula is C23H28N2O4. The molecule has 5 atom stereocenters. The molecule has 2 bridgehead atoms. The quantitative estimate of drug-likeness (QED) is 0.805. The number of benzene rings is 1. The minimum Gasteiger partial charge on any atom is -0.480 e. The Kier molecular flexibility index (Phi) is 4.42. The third-order valence-corrected chi connectivity index (χ3v) is 7.04. The Morgan fingerprint density at radius 1 is 1.24 bits per heavy atom. The molecule has 0 radical (unpaired) electrons. The molecule has 1 unspecified atom stereocenters. The van der Waals surface area contributed by atoms with E-state index in [9.17, 15) is 9.59 Å². The molecule has 1 aromatic carbocycles. The minimum atomic E-state index is -0.582. The summed E-state index contributed by atoms with van der Waals surface area (Å²) in [5.41, 5.74) is 1.97. The number of fused-ring (bicyclic) bond motifs is 6. The highest BCUT2D eigenvalue weighted by Crippen LogP contribution is 2.43. The third-order valence-electron chi connectivity index (χ3n) is 7.04. The smallest absolute Gasteiger partial charge is 0.336 e. The lowest BCUT2D eigenvalue weighted by atomic mass is 9.82. The number of rotatable bonds is 4. The van der Waals surface area contributed by atoms with Crippen molar-refractivity contribution in [3.8, 4) is 5.75 Å². The molecule has 2 aromatic rings. The maximum Gasteiger partial charge on any atom is 0.336 e. The van der Waals surface area contributed by atoms with Crippen molar-refractivity contribution < 1.29 is 13.9 Å². The zero-order chi connectivity index (χ0) is 20.3. The number of carbonyl (C=O) groups excluding carboxylic acids is 1. The van der Waals surface area contributed by atoms with E-state index in [0.29, 0.717) is 41.7 Å². The van der Waals surface area contributed by atoms with Crippen molar-refractivity contribution in [2.45, 2.75) is 58.2 Å². The first-order chi connectivity index (χ1) is 13.9. The van der Waals surface area contributed by atoms with Crippen molar-refractivity contribution >= 4 is 16.9 Å². The van der Waals surface area contributed by atoms with Gasteiger partial charge in [-0.15, -0.1) is 0 Å². The number of carbonyl (C=O) groups is 1. The average molecular weight is 396 g/mol. The van der Waals surface area contributed by atoms with Gasteiger partial charge in [0.15, 0.2) is 6.10 Å². The predicted octanol–water partition coefficient (Wildman–Crippen LogP) is 2.64. The van der Waals surface area contributed by atoms with Crippen LogP contribution in [0, 0.1) is 18.8 Å². The molecule has 0 saturated carbocycles. The van der Waals surface area contributed by atoms with Crippen molar-refractivity contribution in [3.05, 3.63) is 39.7 Å². The summed E-state index contributed by atoms with van der Waals surface area (Å²) in [5.74, 6) is 1.84. The summed E-state index contributed by atoms with van der Waals surface area (Å²) in [5, 5.41) is 4.49. The standard InChI is InChI=1S/C23H28N2O4/c1-4-14-9-21(26)29-20-8-12(2)7-19(22(14)20)28-13(3)23(27)25-10-15-16(11-25)18-6-5-17(15)24-18/h7-9,13,15-18,24H,4-6,10-11H2,1-3H3/t13?,15-,16+,17-,18+. The van der Waals surface area contributed by atoms with E-state index in [1.54, 1.807) is 0 Å². The Labute approximate surface area is 170 Å². The number of aryl methyl sites for hydroxylation is 2. The summed E-state index contributed by atoms with van der Waals surface area (Å²) < 4.78 is 11.6. The van der Waals surface area contributed by atoms with Gasteiger partial charge in [-0.25, -0.2) is 4.79 Å². The second kappa shape index (κ2) is 6.87. The van der Waals surface area contributed by atoms with E-state index < -0.39 is 6.10 Å². The number of hydrogen-bond donors (Lipinski definition) is 1.